The maximum Gasteiger partial charge on any atom is 0.0606 e. The summed E-state index contributed by atoms with van der Waals surface area (Å²) in [6.07, 6.45) is 2.17. The Morgan fingerprint density at radius 1 is 1.30 bits per heavy atom. The molecule has 1 atom stereocenters. The summed E-state index contributed by atoms with van der Waals surface area (Å²) in [6, 6.07) is 7.14. The lowest BCUT2D eigenvalue weighted by atomic mass is 10.0. The summed E-state index contributed by atoms with van der Waals surface area (Å²) in [6.45, 7) is 7.43. The standard InChI is InChI=1S/C16H27BrN2O/c1-5-14(6-2)19(9-10-20)16-8-7-13(17)11-15(16)12(3)18-4/h7-8,11-12,14,18,20H,5-6,9-10H2,1-4H3. The number of benzene rings is 1. The predicted octanol–water partition coefficient (Wildman–Crippen LogP) is 3.72. The summed E-state index contributed by atoms with van der Waals surface area (Å²) in [5.41, 5.74) is 2.49. The molecule has 0 spiro atoms. The summed E-state index contributed by atoms with van der Waals surface area (Å²) >= 11 is 3.56. The number of hydrogen-bond donors (Lipinski definition) is 2. The lowest BCUT2D eigenvalue weighted by Gasteiger charge is -2.35. The van der Waals surface area contributed by atoms with E-state index in [1.165, 1.54) is 11.3 Å². The van der Waals surface area contributed by atoms with Crippen molar-refractivity contribution in [2.24, 2.45) is 0 Å². The molecule has 0 aliphatic carbocycles. The van der Waals surface area contributed by atoms with Gasteiger partial charge in [0.15, 0.2) is 0 Å². The van der Waals surface area contributed by atoms with Gasteiger partial charge in [-0.1, -0.05) is 29.8 Å². The van der Waals surface area contributed by atoms with E-state index in [2.05, 4.69) is 65.1 Å². The highest BCUT2D eigenvalue weighted by Crippen LogP contribution is 2.31. The van der Waals surface area contributed by atoms with Crippen LogP contribution in [-0.4, -0.2) is 31.3 Å². The number of hydrogen-bond acceptors (Lipinski definition) is 3. The molecule has 0 saturated heterocycles. The van der Waals surface area contributed by atoms with Gasteiger partial charge in [-0.25, -0.2) is 0 Å². The Kier molecular flexibility index (Phi) is 7.56. The van der Waals surface area contributed by atoms with Gasteiger partial charge in [0.05, 0.1) is 6.61 Å². The van der Waals surface area contributed by atoms with Crippen LogP contribution in [0.1, 0.15) is 45.2 Å². The van der Waals surface area contributed by atoms with Crippen LogP contribution in [0.4, 0.5) is 5.69 Å². The Labute approximate surface area is 131 Å². The van der Waals surface area contributed by atoms with Crippen molar-refractivity contribution in [1.29, 1.82) is 0 Å². The average molecular weight is 343 g/mol. The molecule has 114 valence electrons. The first-order chi connectivity index (χ1) is 9.58. The Morgan fingerprint density at radius 3 is 2.45 bits per heavy atom. The molecule has 0 radical (unpaired) electrons. The van der Waals surface area contributed by atoms with Crippen molar-refractivity contribution in [3.8, 4) is 0 Å². The molecule has 4 heteroatoms. The van der Waals surface area contributed by atoms with Gasteiger partial charge in [-0.05, 0) is 50.6 Å². The van der Waals surface area contributed by atoms with E-state index in [-0.39, 0.29) is 12.6 Å². The molecule has 20 heavy (non-hydrogen) atoms. The van der Waals surface area contributed by atoms with Gasteiger partial charge in [0, 0.05) is 28.8 Å². The molecule has 0 bridgehead atoms. The highest BCUT2D eigenvalue weighted by molar-refractivity contribution is 9.10. The van der Waals surface area contributed by atoms with Crippen LogP contribution in [0.5, 0.6) is 0 Å². The van der Waals surface area contributed by atoms with Crippen molar-refractivity contribution in [2.75, 3.05) is 25.1 Å². The number of aliphatic hydroxyl groups is 1. The molecule has 0 aliphatic rings. The van der Waals surface area contributed by atoms with Crippen LogP contribution in [0.25, 0.3) is 0 Å². The van der Waals surface area contributed by atoms with Crippen LogP contribution in [0.3, 0.4) is 0 Å². The van der Waals surface area contributed by atoms with Crippen LogP contribution >= 0.6 is 15.9 Å². The number of nitrogens with zero attached hydrogens (tertiary/aromatic N) is 1. The zero-order valence-electron chi connectivity index (χ0n) is 13.0. The molecule has 3 nitrogen and oxygen atoms in total. The van der Waals surface area contributed by atoms with Crippen LogP contribution < -0.4 is 10.2 Å². The highest BCUT2D eigenvalue weighted by atomic mass is 79.9. The first-order valence-corrected chi connectivity index (χ1v) is 8.22. The number of aliphatic hydroxyl groups excluding tert-OH is 1. The molecule has 0 heterocycles. The fourth-order valence-electron chi connectivity index (χ4n) is 2.63. The van der Waals surface area contributed by atoms with E-state index in [1.807, 2.05) is 7.05 Å². The number of anilines is 1. The fourth-order valence-corrected chi connectivity index (χ4v) is 3.00. The third-order valence-electron chi connectivity index (χ3n) is 3.92. The molecule has 0 aromatic heterocycles. The minimum absolute atomic E-state index is 0.180. The third kappa shape index (κ3) is 4.21. The van der Waals surface area contributed by atoms with Crippen molar-refractivity contribution in [1.82, 2.24) is 5.32 Å². The van der Waals surface area contributed by atoms with Gasteiger partial charge < -0.3 is 15.3 Å². The topological polar surface area (TPSA) is 35.5 Å². The van der Waals surface area contributed by atoms with E-state index in [0.29, 0.717) is 12.6 Å². The second-order valence-electron chi connectivity index (χ2n) is 5.10. The van der Waals surface area contributed by atoms with E-state index in [4.69, 9.17) is 0 Å². The quantitative estimate of drug-likeness (QED) is 0.755. The molecule has 0 aliphatic heterocycles. The van der Waals surface area contributed by atoms with Crippen LogP contribution in [0.2, 0.25) is 0 Å². The monoisotopic (exact) mass is 342 g/mol. The summed E-state index contributed by atoms with van der Waals surface area (Å²) in [4.78, 5) is 2.34. The van der Waals surface area contributed by atoms with Gasteiger partial charge >= 0.3 is 0 Å². The van der Waals surface area contributed by atoms with E-state index in [9.17, 15) is 5.11 Å². The van der Waals surface area contributed by atoms with Gasteiger partial charge in [0.2, 0.25) is 0 Å². The molecule has 0 amide bonds. The van der Waals surface area contributed by atoms with Gasteiger partial charge in [-0.2, -0.15) is 0 Å². The van der Waals surface area contributed by atoms with Gasteiger partial charge in [0.25, 0.3) is 0 Å². The van der Waals surface area contributed by atoms with Crippen molar-refractivity contribution < 1.29 is 5.11 Å². The Morgan fingerprint density at radius 2 is 1.95 bits per heavy atom. The smallest absolute Gasteiger partial charge is 0.0606 e. The van der Waals surface area contributed by atoms with Crippen LogP contribution in [0, 0.1) is 0 Å². The zero-order valence-corrected chi connectivity index (χ0v) is 14.6. The molecule has 0 saturated carbocycles. The number of nitrogens with one attached hydrogen (secondary N) is 1. The van der Waals surface area contributed by atoms with E-state index >= 15 is 0 Å². The second kappa shape index (κ2) is 8.65. The normalized spacial score (nSPS) is 12.8. The predicted molar refractivity (Wildman–Crippen MR) is 90.4 cm³/mol. The molecule has 1 aromatic carbocycles. The van der Waals surface area contributed by atoms with Crippen LogP contribution in [0.15, 0.2) is 22.7 Å². The van der Waals surface area contributed by atoms with E-state index in [1.54, 1.807) is 0 Å². The second-order valence-corrected chi connectivity index (χ2v) is 6.02. The average Bonchev–Trinajstić information content (AvgIpc) is 2.46. The minimum Gasteiger partial charge on any atom is -0.395 e. The summed E-state index contributed by atoms with van der Waals surface area (Å²) < 4.78 is 1.09. The SMILES string of the molecule is CCC(CC)N(CCO)c1ccc(Br)cc1C(C)NC. The molecular weight excluding hydrogens is 316 g/mol. The van der Waals surface area contributed by atoms with Gasteiger partial charge in [-0.3, -0.25) is 0 Å². The summed E-state index contributed by atoms with van der Waals surface area (Å²) in [7, 11) is 1.98. The largest absolute Gasteiger partial charge is 0.395 e. The third-order valence-corrected chi connectivity index (χ3v) is 4.42. The van der Waals surface area contributed by atoms with Gasteiger partial charge in [-0.15, -0.1) is 0 Å². The van der Waals surface area contributed by atoms with Crippen molar-refractivity contribution in [2.45, 2.75) is 45.7 Å². The first kappa shape index (κ1) is 17.5. The lowest BCUT2D eigenvalue weighted by molar-refractivity contribution is 0.295. The van der Waals surface area contributed by atoms with E-state index < -0.39 is 0 Å². The molecule has 1 unspecified atom stereocenters. The highest BCUT2D eigenvalue weighted by Gasteiger charge is 2.20. The summed E-state index contributed by atoms with van der Waals surface area (Å²) in [5.74, 6) is 0. The van der Waals surface area contributed by atoms with E-state index in [0.717, 1.165) is 17.3 Å². The molecule has 1 aromatic rings. The minimum atomic E-state index is 0.180. The molecule has 2 N–H and O–H groups in total. The Balaban J connectivity index is 3.24. The number of rotatable bonds is 8. The molecular formula is C16H27BrN2O. The lowest BCUT2D eigenvalue weighted by Crippen LogP contribution is -2.38. The summed E-state index contributed by atoms with van der Waals surface area (Å²) in [5, 5.41) is 12.7. The zero-order chi connectivity index (χ0) is 15.1. The van der Waals surface area contributed by atoms with Gasteiger partial charge in [0.1, 0.15) is 0 Å². The Bertz CT molecular complexity index is 407. The molecule has 0 fully saturated rings. The maximum absolute atomic E-state index is 9.41. The number of halogens is 1. The van der Waals surface area contributed by atoms with Crippen molar-refractivity contribution >= 4 is 21.6 Å². The Hall–Kier alpha value is -0.580. The van der Waals surface area contributed by atoms with Crippen LogP contribution in [-0.2, 0) is 0 Å². The maximum atomic E-state index is 9.41. The first-order valence-electron chi connectivity index (χ1n) is 7.43. The molecule has 1 rings (SSSR count). The van der Waals surface area contributed by atoms with Crippen molar-refractivity contribution in [3.63, 3.8) is 0 Å². The van der Waals surface area contributed by atoms with Crippen molar-refractivity contribution in [3.05, 3.63) is 28.2 Å². The fraction of sp³-hybridized carbons (Fsp3) is 0.625.